The number of carbonyl (C=O) groups is 1. The van der Waals surface area contributed by atoms with Crippen LogP contribution >= 0.6 is 12.4 Å². The number of hydrogen-bond acceptors (Lipinski definition) is 3. The van der Waals surface area contributed by atoms with Crippen LogP contribution in [-0.2, 0) is 13.0 Å². The van der Waals surface area contributed by atoms with Crippen molar-refractivity contribution in [3.63, 3.8) is 0 Å². The van der Waals surface area contributed by atoms with Crippen molar-refractivity contribution in [2.24, 2.45) is 0 Å². The fourth-order valence-corrected chi connectivity index (χ4v) is 2.29. The molecule has 0 atom stereocenters. The summed E-state index contributed by atoms with van der Waals surface area (Å²) in [6.45, 7) is 3.75. The Kier molecular flexibility index (Phi) is 4.42. The Labute approximate surface area is 123 Å². The van der Waals surface area contributed by atoms with E-state index < -0.39 is 0 Å². The van der Waals surface area contributed by atoms with Crippen molar-refractivity contribution < 1.29 is 4.79 Å². The largest absolute Gasteiger partial charge is 0.321 e. The molecule has 1 amide bonds. The fourth-order valence-electron chi connectivity index (χ4n) is 2.29. The molecule has 0 fully saturated rings. The highest BCUT2D eigenvalue weighted by Gasteiger charge is 2.12. The van der Waals surface area contributed by atoms with Crippen molar-refractivity contribution in [1.82, 2.24) is 15.5 Å². The zero-order valence-corrected chi connectivity index (χ0v) is 12.0. The summed E-state index contributed by atoms with van der Waals surface area (Å²) in [4.78, 5) is 12.0. The van der Waals surface area contributed by atoms with Crippen LogP contribution in [0.3, 0.4) is 0 Å². The van der Waals surface area contributed by atoms with Gasteiger partial charge in [-0.1, -0.05) is 6.07 Å². The molecule has 5 nitrogen and oxygen atoms in total. The van der Waals surface area contributed by atoms with Crippen molar-refractivity contribution in [1.29, 1.82) is 0 Å². The smallest absolute Gasteiger partial charge is 0.276 e. The number of rotatable bonds is 2. The molecular weight excluding hydrogens is 276 g/mol. The molecule has 20 heavy (non-hydrogen) atoms. The summed E-state index contributed by atoms with van der Waals surface area (Å²) in [5, 5.41) is 12.9. The minimum absolute atomic E-state index is 0. The van der Waals surface area contributed by atoms with E-state index in [0.717, 1.165) is 30.9 Å². The van der Waals surface area contributed by atoms with E-state index in [1.165, 1.54) is 11.1 Å². The van der Waals surface area contributed by atoms with Gasteiger partial charge >= 0.3 is 0 Å². The normalized spacial score (nSPS) is 13.2. The Bertz CT molecular complexity index is 623. The first-order valence-electron chi connectivity index (χ1n) is 6.38. The van der Waals surface area contributed by atoms with Crippen LogP contribution in [0.25, 0.3) is 0 Å². The number of aromatic nitrogens is 2. The van der Waals surface area contributed by atoms with Gasteiger partial charge in [-0.25, -0.2) is 0 Å². The predicted octanol–water partition coefficient (Wildman–Crippen LogP) is 2.04. The number of fused-ring (bicyclic) bond motifs is 1. The van der Waals surface area contributed by atoms with Crippen LogP contribution in [0, 0.1) is 6.92 Å². The lowest BCUT2D eigenvalue weighted by Gasteiger charge is -2.17. The third-order valence-corrected chi connectivity index (χ3v) is 3.29. The summed E-state index contributed by atoms with van der Waals surface area (Å²) >= 11 is 0. The molecule has 1 aromatic heterocycles. The third-order valence-electron chi connectivity index (χ3n) is 3.29. The molecule has 1 aliphatic heterocycles. The van der Waals surface area contributed by atoms with Gasteiger partial charge < -0.3 is 10.6 Å². The van der Waals surface area contributed by atoms with Gasteiger partial charge in [0.1, 0.15) is 0 Å². The second kappa shape index (κ2) is 6.07. The second-order valence-corrected chi connectivity index (χ2v) is 4.80. The molecule has 6 heteroatoms. The lowest BCUT2D eigenvalue weighted by molar-refractivity contribution is 0.102. The highest BCUT2D eigenvalue weighted by atomic mass is 35.5. The first kappa shape index (κ1) is 14.6. The van der Waals surface area contributed by atoms with Gasteiger partial charge in [-0.3, -0.25) is 9.89 Å². The molecule has 106 valence electrons. The SMILES string of the molecule is Cc1cc(C(=O)Nc2ccc3c(c2)CNCC3)n[nH]1.Cl. The average Bonchev–Trinajstić information content (AvgIpc) is 2.85. The molecule has 0 radical (unpaired) electrons. The molecule has 0 spiro atoms. The summed E-state index contributed by atoms with van der Waals surface area (Å²) in [7, 11) is 0. The van der Waals surface area contributed by atoms with Gasteiger partial charge in [0.15, 0.2) is 5.69 Å². The second-order valence-electron chi connectivity index (χ2n) is 4.80. The highest BCUT2D eigenvalue weighted by Crippen LogP contribution is 2.19. The Balaban J connectivity index is 0.00000147. The molecule has 0 saturated carbocycles. The Morgan fingerprint density at radius 1 is 1.30 bits per heavy atom. The van der Waals surface area contributed by atoms with Crippen molar-refractivity contribution in [3.05, 3.63) is 46.8 Å². The van der Waals surface area contributed by atoms with Gasteiger partial charge in [-0.15, -0.1) is 12.4 Å². The molecule has 0 saturated heterocycles. The summed E-state index contributed by atoms with van der Waals surface area (Å²) in [5.74, 6) is -0.187. The van der Waals surface area contributed by atoms with Gasteiger partial charge in [0, 0.05) is 17.9 Å². The average molecular weight is 293 g/mol. The lowest BCUT2D eigenvalue weighted by atomic mass is 10.0. The molecular formula is C14H17ClN4O. The zero-order chi connectivity index (χ0) is 13.2. The minimum Gasteiger partial charge on any atom is -0.321 e. The van der Waals surface area contributed by atoms with Gasteiger partial charge in [-0.2, -0.15) is 5.10 Å². The van der Waals surface area contributed by atoms with Gasteiger partial charge in [0.05, 0.1) is 0 Å². The number of amides is 1. The van der Waals surface area contributed by atoms with Crippen LogP contribution in [0.2, 0.25) is 0 Å². The molecule has 2 heterocycles. The van der Waals surface area contributed by atoms with E-state index in [-0.39, 0.29) is 18.3 Å². The number of hydrogen-bond donors (Lipinski definition) is 3. The van der Waals surface area contributed by atoms with Gasteiger partial charge in [0.25, 0.3) is 5.91 Å². The topological polar surface area (TPSA) is 69.8 Å². The summed E-state index contributed by atoms with van der Waals surface area (Å²) in [5.41, 5.74) is 4.70. The monoisotopic (exact) mass is 292 g/mol. The van der Waals surface area contributed by atoms with Crippen molar-refractivity contribution in [2.45, 2.75) is 19.9 Å². The van der Waals surface area contributed by atoms with E-state index in [1.807, 2.05) is 19.1 Å². The Hall–Kier alpha value is -1.85. The molecule has 0 unspecified atom stereocenters. The summed E-state index contributed by atoms with van der Waals surface area (Å²) < 4.78 is 0. The maximum Gasteiger partial charge on any atom is 0.276 e. The molecule has 0 aliphatic carbocycles. The predicted molar refractivity (Wildman–Crippen MR) is 80.4 cm³/mol. The van der Waals surface area contributed by atoms with E-state index in [0.29, 0.717) is 5.69 Å². The molecule has 2 aromatic rings. The number of anilines is 1. The van der Waals surface area contributed by atoms with E-state index >= 15 is 0 Å². The van der Waals surface area contributed by atoms with Gasteiger partial charge in [0.2, 0.25) is 0 Å². The number of carbonyl (C=O) groups excluding carboxylic acids is 1. The molecule has 0 bridgehead atoms. The van der Waals surface area contributed by atoms with Crippen LogP contribution in [0.1, 0.15) is 27.3 Å². The number of nitrogens with zero attached hydrogens (tertiary/aromatic N) is 1. The molecule has 1 aromatic carbocycles. The number of nitrogens with one attached hydrogen (secondary N) is 3. The number of H-pyrrole nitrogens is 1. The minimum atomic E-state index is -0.187. The van der Waals surface area contributed by atoms with E-state index in [2.05, 4.69) is 26.9 Å². The third kappa shape index (κ3) is 3.00. The maximum absolute atomic E-state index is 12.0. The summed E-state index contributed by atoms with van der Waals surface area (Å²) in [6.07, 6.45) is 1.04. The number of benzene rings is 1. The zero-order valence-electron chi connectivity index (χ0n) is 11.2. The first-order chi connectivity index (χ1) is 9.22. The van der Waals surface area contributed by atoms with Crippen molar-refractivity contribution in [2.75, 3.05) is 11.9 Å². The summed E-state index contributed by atoms with van der Waals surface area (Å²) in [6, 6.07) is 7.79. The molecule has 1 aliphatic rings. The quantitative estimate of drug-likeness (QED) is 0.793. The highest BCUT2D eigenvalue weighted by molar-refractivity contribution is 6.02. The van der Waals surface area contributed by atoms with Crippen LogP contribution in [-0.4, -0.2) is 22.6 Å². The molecule has 3 rings (SSSR count). The Morgan fingerprint density at radius 2 is 2.15 bits per heavy atom. The van der Waals surface area contributed by atoms with E-state index in [9.17, 15) is 4.79 Å². The maximum atomic E-state index is 12.0. The Morgan fingerprint density at radius 3 is 2.90 bits per heavy atom. The van der Waals surface area contributed by atoms with Crippen molar-refractivity contribution >= 4 is 24.0 Å². The first-order valence-corrected chi connectivity index (χ1v) is 6.38. The molecule has 3 N–H and O–H groups in total. The van der Waals surface area contributed by atoms with Crippen LogP contribution in [0.5, 0.6) is 0 Å². The van der Waals surface area contributed by atoms with Crippen molar-refractivity contribution in [3.8, 4) is 0 Å². The van der Waals surface area contributed by atoms with Crippen LogP contribution < -0.4 is 10.6 Å². The standard InChI is InChI=1S/C14H16N4O.ClH/c1-9-6-13(18-17-9)14(19)16-12-3-2-10-4-5-15-8-11(10)7-12;/h2-3,6-7,15H,4-5,8H2,1H3,(H,16,19)(H,17,18);1H. The number of halogens is 1. The fraction of sp³-hybridized carbons (Fsp3) is 0.286. The number of aryl methyl sites for hydroxylation is 1. The number of aromatic amines is 1. The lowest BCUT2D eigenvalue weighted by Crippen LogP contribution is -2.23. The van der Waals surface area contributed by atoms with Crippen LogP contribution in [0.4, 0.5) is 5.69 Å². The van der Waals surface area contributed by atoms with Gasteiger partial charge in [-0.05, 0) is 49.2 Å². The van der Waals surface area contributed by atoms with E-state index in [1.54, 1.807) is 6.07 Å². The van der Waals surface area contributed by atoms with Crippen LogP contribution in [0.15, 0.2) is 24.3 Å². The van der Waals surface area contributed by atoms with E-state index in [4.69, 9.17) is 0 Å².